The first-order valence-electron chi connectivity index (χ1n) is 6.92. The van der Waals surface area contributed by atoms with Gasteiger partial charge in [0.1, 0.15) is 6.29 Å². The molecule has 1 saturated heterocycles. The van der Waals surface area contributed by atoms with Crippen LogP contribution in [0.25, 0.3) is 0 Å². The third kappa shape index (κ3) is 3.64. The number of thioether (sulfide) groups is 1. The molecule has 1 aromatic rings. The smallest absolute Gasteiger partial charge is 0.306 e. The predicted molar refractivity (Wildman–Crippen MR) is 80.7 cm³/mol. The van der Waals surface area contributed by atoms with E-state index in [0.717, 1.165) is 17.6 Å². The van der Waals surface area contributed by atoms with Gasteiger partial charge in [-0.05, 0) is 36.3 Å². The summed E-state index contributed by atoms with van der Waals surface area (Å²) in [6.07, 6.45) is 1.24. The highest BCUT2D eigenvalue weighted by Crippen LogP contribution is 2.48. The number of esters is 1. The van der Waals surface area contributed by atoms with Crippen LogP contribution in [0.2, 0.25) is 0 Å². The van der Waals surface area contributed by atoms with Gasteiger partial charge in [0.15, 0.2) is 0 Å². The number of carbonyl (C=O) groups is 2. The van der Waals surface area contributed by atoms with Crippen molar-refractivity contribution < 1.29 is 14.3 Å². The molecule has 0 spiro atoms. The fraction of sp³-hybridized carbons (Fsp3) is 0.438. The van der Waals surface area contributed by atoms with Gasteiger partial charge >= 0.3 is 5.97 Å². The Morgan fingerprint density at radius 1 is 1.48 bits per heavy atom. The normalized spacial score (nSPS) is 24.3. The van der Waals surface area contributed by atoms with Gasteiger partial charge in [0.2, 0.25) is 0 Å². The standard InChI is InChI=1S/C16H17NO3S/c1-2-20-15(19)7-13-10-21-16(14(13)9-18)12-5-3-11(8-17)4-6-12/h3-6,9,13-14,16H,2,7,10H2,1H3/t13-,14+,16-/m1/s1. The molecule has 0 N–H and O–H groups in total. The van der Waals surface area contributed by atoms with E-state index in [1.807, 2.05) is 12.1 Å². The number of hydrogen-bond donors (Lipinski definition) is 0. The average Bonchev–Trinajstić information content (AvgIpc) is 2.90. The molecule has 110 valence electrons. The van der Waals surface area contributed by atoms with Gasteiger partial charge in [0.05, 0.1) is 18.2 Å². The molecule has 0 amide bonds. The lowest BCUT2D eigenvalue weighted by atomic mass is 9.87. The number of nitrogens with zero attached hydrogens (tertiary/aromatic N) is 1. The lowest BCUT2D eigenvalue weighted by Gasteiger charge is -2.18. The van der Waals surface area contributed by atoms with Crippen molar-refractivity contribution in [2.75, 3.05) is 12.4 Å². The summed E-state index contributed by atoms with van der Waals surface area (Å²) in [4.78, 5) is 23.0. The van der Waals surface area contributed by atoms with Crippen LogP contribution in [0.1, 0.15) is 29.7 Å². The fourth-order valence-corrected chi connectivity index (χ4v) is 4.23. The van der Waals surface area contributed by atoms with Crippen molar-refractivity contribution in [3.63, 3.8) is 0 Å². The monoisotopic (exact) mass is 303 g/mol. The number of aldehydes is 1. The molecule has 1 heterocycles. The maximum atomic E-state index is 11.6. The maximum Gasteiger partial charge on any atom is 0.306 e. The van der Waals surface area contributed by atoms with Crippen molar-refractivity contribution in [1.82, 2.24) is 0 Å². The Morgan fingerprint density at radius 3 is 2.76 bits per heavy atom. The van der Waals surface area contributed by atoms with Crippen LogP contribution in [0, 0.1) is 23.2 Å². The zero-order valence-corrected chi connectivity index (χ0v) is 12.6. The summed E-state index contributed by atoms with van der Waals surface area (Å²) in [5.41, 5.74) is 1.63. The van der Waals surface area contributed by atoms with E-state index < -0.39 is 0 Å². The van der Waals surface area contributed by atoms with Crippen LogP contribution >= 0.6 is 11.8 Å². The predicted octanol–water partition coefficient (Wildman–Crippen LogP) is 2.73. The fourth-order valence-electron chi connectivity index (χ4n) is 2.57. The molecule has 3 atom stereocenters. The Balaban J connectivity index is 2.09. The molecule has 4 nitrogen and oxygen atoms in total. The van der Waals surface area contributed by atoms with E-state index in [4.69, 9.17) is 10.00 Å². The number of hydrogen-bond acceptors (Lipinski definition) is 5. The molecule has 0 aliphatic carbocycles. The Morgan fingerprint density at radius 2 is 2.19 bits per heavy atom. The Hall–Kier alpha value is -1.80. The van der Waals surface area contributed by atoms with Crippen molar-refractivity contribution in [1.29, 1.82) is 5.26 Å². The Labute approximate surface area is 128 Å². The zero-order chi connectivity index (χ0) is 15.2. The van der Waals surface area contributed by atoms with Crippen molar-refractivity contribution in [3.05, 3.63) is 35.4 Å². The molecule has 0 saturated carbocycles. The minimum Gasteiger partial charge on any atom is -0.466 e. The van der Waals surface area contributed by atoms with Gasteiger partial charge in [-0.1, -0.05) is 12.1 Å². The van der Waals surface area contributed by atoms with E-state index in [2.05, 4.69) is 6.07 Å². The molecular weight excluding hydrogens is 286 g/mol. The van der Waals surface area contributed by atoms with Crippen LogP contribution in [0.5, 0.6) is 0 Å². The van der Waals surface area contributed by atoms with Gasteiger partial charge in [-0.25, -0.2) is 0 Å². The first kappa shape index (κ1) is 15.6. The number of ether oxygens (including phenoxy) is 1. The van der Waals surface area contributed by atoms with E-state index in [0.29, 0.717) is 12.2 Å². The number of benzene rings is 1. The number of rotatable bonds is 5. The highest BCUT2D eigenvalue weighted by molar-refractivity contribution is 7.99. The maximum absolute atomic E-state index is 11.6. The lowest BCUT2D eigenvalue weighted by Crippen LogP contribution is -2.20. The topological polar surface area (TPSA) is 67.2 Å². The van der Waals surface area contributed by atoms with Crippen LogP contribution in [-0.4, -0.2) is 24.6 Å². The van der Waals surface area contributed by atoms with Crippen LogP contribution in [0.3, 0.4) is 0 Å². The van der Waals surface area contributed by atoms with Crippen LogP contribution < -0.4 is 0 Å². The van der Waals surface area contributed by atoms with Crippen molar-refractivity contribution in [2.24, 2.45) is 11.8 Å². The van der Waals surface area contributed by atoms with Crippen molar-refractivity contribution in [2.45, 2.75) is 18.6 Å². The summed E-state index contributed by atoms with van der Waals surface area (Å²) in [5, 5.41) is 8.87. The first-order chi connectivity index (χ1) is 10.2. The summed E-state index contributed by atoms with van der Waals surface area (Å²) in [7, 11) is 0. The molecule has 5 heteroatoms. The van der Waals surface area contributed by atoms with E-state index in [1.165, 1.54) is 0 Å². The second-order valence-corrected chi connectivity index (χ2v) is 6.14. The number of nitriles is 1. The Bertz CT molecular complexity index is 550. The second kappa shape index (κ2) is 7.28. The van der Waals surface area contributed by atoms with Gasteiger partial charge < -0.3 is 9.53 Å². The van der Waals surface area contributed by atoms with Crippen molar-refractivity contribution in [3.8, 4) is 6.07 Å². The van der Waals surface area contributed by atoms with Gasteiger partial charge in [-0.3, -0.25) is 4.79 Å². The zero-order valence-electron chi connectivity index (χ0n) is 11.8. The molecule has 0 bridgehead atoms. The second-order valence-electron chi connectivity index (χ2n) is 4.97. The van der Waals surface area contributed by atoms with Crippen LogP contribution in [0.15, 0.2) is 24.3 Å². The van der Waals surface area contributed by atoms with Crippen molar-refractivity contribution >= 4 is 24.0 Å². The summed E-state index contributed by atoms with van der Waals surface area (Å²) in [6, 6.07) is 9.38. The largest absolute Gasteiger partial charge is 0.466 e. The molecule has 21 heavy (non-hydrogen) atoms. The van der Waals surface area contributed by atoms with Crippen LogP contribution in [-0.2, 0) is 14.3 Å². The average molecular weight is 303 g/mol. The summed E-state index contributed by atoms with van der Waals surface area (Å²) < 4.78 is 4.97. The highest BCUT2D eigenvalue weighted by Gasteiger charge is 2.38. The summed E-state index contributed by atoms with van der Waals surface area (Å²) in [5.74, 6) is 0.363. The van der Waals surface area contributed by atoms with E-state index in [-0.39, 0.29) is 29.5 Å². The van der Waals surface area contributed by atoms with Crippen LogP contribution in [0.4, 0.5) is 0 Å². The molecule has 1 aliphatic rings. The molecule has 0 unspecified atom stereocenters. The third-order valence-electron chi connectivity index (χ3n) is 3.64. The van der Waals surface area contributed by atoms with Gasteiger partial charge in [0.25, 0.3) is 0 Å². The molecule has 1 fully saturated rings. The molecule has 2 rings (SSSR count). The minimum absolute atomic E-state index is 0.0205. The van der Waals surface area contributed by atoms with E-state index in [9.17, 15) is 9.59 Å². The highest BCUT2D eigenvalue weighted by atomic mass is 32.2. The van der Waals surface area contributed by atoms with Gasteiger partial charge in [0, 0.05) is 17.6 Å². The summed E-state index contributed by atoms with van der Waals surface area (Å²) in [6.45, 7) is 2.14. The SMILES string of the molecule is CCOC(=O)C[C@@H]1CS[C@H](c2ccc(C#N)cc2)[C@H]1C=O. The summed E-state index contributed by atoms with van der Waals surface area (Å²) >= 11 is 1.69. The minimum atomic E-state index is -0.240. The van der Waals surface area contributed by atoms with Gasteiger partial charge in [-0.2, -0.15) is 17.0 Å². The molecule has 1 aliphatic heterocycles. The quantitative estimate of drug-likeness (QED) is 0.618. The first-order valence-corrected chi connectivity index (χ1v) is 7.97. The number of carbonyl (C=O) groups excluding carboxylic acids is 2. The van der Waals surface area contributed by atoms with E-state index >= 15 is 0 Å². The Kier molecular flexibility index (Phi) is 5.40. The molecular formula is C16H17NO3S. The van der Waals surface area contributed by atoms with Gasteiger partial charge in [-0.15, -0.1) is 0 Å². The van der Waals surface area contributed by atoms with E-state index in [1.54, 1.807) is 30.8 Å². The molecule has 1 aromatic carbocycles. The molecule has 0 radical (unpaired) electrons. The third-order valence-corrected chi connectivity index (χ3v) is 5.21. The lowest BCUT2D eigenvalue weighted by molar-refractivity contribution is -0.144. The molecule has 0 aromatic heterocycles.